The van der Waals surface area contributed by atoms with Crippen LogP contribution < -0.4 is 14.5 Å². The van der Waals surface area contributed by atoms with Crippen molar-refractivity contribution in [3.63, 3.8) is 0 Å². The average Bonchev–Trinajstić information content (AvgIpc) is 3.63. The van der Waals surface area contributed by atoms with Crippen molar-refractivity contribution in [2.75, 3.05) is 11.9 Å². The Morgan fingerprint density at radius 1 is 0.667 bits per heavy atom. The minimum absolute atomic E-state index is 0. The van der Waals surface area contributed by atoms with E-state index in [0.717, 1.165) is 12.5 Å². The maximum Gasteiger partial charge on any atom is 2.00 e. The van der Waals surface area contributed by atoms with Crippen molar-refractivity contribution in [2.45, 2.75) is 91.9 Å². The summed E-state index contributed by atoms with van der Waals surface area (Å²) < 4.78 is 4.22. The number of nitrogens with zero attached hydrogens (tertiary/aromatic N) is 2. The molecule has 4 heteroatoms. The summed E-state index contributed by atoms with van der Waals surface area (Å²) in [4.78, 5) is 0. The van der Waals surface area contributed by atoms with Crippen molar-refractivity contribution >= 4 is 5.69 Å². The molecule has 1 aromatic carbocycles. The molecule has 0 atom stereocenters. The number of hydrogen-bond donors (Lipinski definition) is 1. The fourth-order valence-corrected chi connectivity index (χ4v) is 5.21. The Hall–Kier alpha value is -2.16. The average molecular weight is 576 g/mol. The van der Waals surface area contributed by atoms with Gasteiger partial charge < -0.3 is 20.2 Å². The zero-order valence-corrected chi connectivity index (χ0v) is 24.6. The monoisotopic (exact) mass is 575 g/mol. The van der Waals surface area contributed by atoms with Crippen LogP contribution in [0, 0.1) is 20.8 Å². The van der Waals surface area contributed by atoms with Crippen molar-refractivity contribution in [3.05, 3.63) is 88.2 Å². The predicted octanol–water partition coefficient (Wildman–Crippen LogP) is 9.35. The molecule has 2 heterocycles. The van der Waals surface area contributed by atoms with Crippen molar-refractivity contribution in [1.82, 2.24) is 0 Å². The Morgan fingerprint density at radius 2 is 1.15 bits per heavy atom. The van der Waals surface area contributed by atoms with Crippen LogP contribution in [-0.2, 0) is 24.1 Å². The summed E-state index contributed by atoms with van der Waals surface area (Å²) in [5.74, 6) is 1.02. The maximum atomic E-state index is 3.57. The van der Waals surface area contributed by atoms with Gasteiger partial charge >= 0.3 is 17.1 Å². The summed E-state index contributed by atoms with van der Waals surface area (Å²) in [5, 5.41) is 3.57. The number of benzene rings is 1. The number of hydrogen-bond acceptors (Lipinski definition) is 1. The van der Waals surface area contributed by atoms with Crippen LogP contribution in [0.3, 0.4) is 0 Å². The molecule has 0 unspecified atom stereocenters. The molecule has 0 amide bonds. The van der Waals surface area contributed by atoms with Crippen molar-refractivity contribution in [3.8, 4) is 16.8 Å². The summed E-state index contributed by atoms with van der Waals surface area (Å²) in [6.45, 7) is 1.07. The second-order valence-electron chi connectivity index (χ2n) is 10.1. The topological polar surface area (TPSA) is 19.8 Å². The molecule has 0 aliphatic heterocycles. The first-order valence-electron chi connectivity index (χ1n) is 13.6. The van der Waals surface area contributed by atoms with Gasteiger partial charge in [-0.15, -0.1) is 0 Å². The summed E-state index contributed by atoms with van der Waals surface area (Å²) in [7, 11) is 2.04. The molecule has 0 radical (unpaired) electrons. The van der Waals surface area contributed by atoms with Gasteiger partial charge in [-0.1, -0.05) is 85.5 Å². The molecule has 2 aliphatic rings. The van der Waals surface area contributed by atoms with Crippen molar-refractivity contribution in [2.24, 2.45) is 13.0 Å². The van der Waals surface area contributed by atoms with E-state index in [2.05, 4.69) is 87.8 Å². The quantitative estimate of drug-likeness (QED) is 0.123. The van der Waals surface area contributed by atoms with E-state index in [4.69, 9.17) is 0 Å². The van der Waals surface area contributed by atoms with Gasteiger partial charge in [-0.05, 0) is 35.6 Å². The van der Waals surface area contributed by atoms with Crippen LogP contribution in [0.4, 0.5) is 5.69 Å². The van der Waals surface area contributed by atoms with Gasteiger partial charge in [0, 0.05) is 48.6 Å². The molecule has 2 fully saturated rings. The zero-order chi connectivity index (χ0) is 23.4. The number of rotatable bonds is 8. The van der Waals surface area contributed by atoms with Crippen LogP contribution in [0.2, 0.25) is 0 Å². The molecule has 0 saturated heterocycles. The van der Waals surface area contributed by atoms with Crippen molar-refractivity contribution < 1.29 is 26.2 Å². The molecule has 5 rings (SSSR count). The molecule has 2 saturated carbocycles. The second kappa shape index (κ2) is 21.6. The van der Waals surface area contributed by atoms with E-state index in [1.54, 1.807) is 0 Å². The van der Waals surface area contributed by atoms with Crippen LogP contribution >= 0.6 is 0 Å². The number of pyridine rings is 2. The van der Waals surface area contributed by atoms with Crippen LogP contribution in [0.5, 0.6) is 0 Å². The minimum Gasteiger partial charge on any atom is -0.385 e. The van der Waals surface area contributed by atoms with Gasteiger partial charge in [0.15, 0.2) is 24.8 Å². The molecule has 2 aliphatic carbocycles. The first-order chi connectivity index (χ1) is 16.8. The second-order valence-corrected chi connectivity index (χ2v) is 10.1. The van der Waals surface area contributed by atoms with Gasteiger partial charge in [-0.2, -0.15) is 4.57 Å². The van der Waals surface area contributed by atoms with E-state index < -0.39 is 0 Å². The zero-order valence-electron chi connectivity index (χ0n) is 23.4. The largest absolute Gasteiger partial charge is 2.00 e. The van der Waals surface area contributed by atoms with Crippen LogP contribution in [-0.4, -0.2) is 6.54 Å². The molecule has 3 aromatic rings. The Kier molecular flexibility index (Phi) is 21.6. The molecule has 0 spiro atoms. The number of aromatic nitrogens is 2. The van der Waals surface area contributed by atoms with Crippen LogP contribution in [0.25, 0.3) is 16.8 Å². The summed E-state index contributed by atoms with van der Waals surface area (Å²) in [6, 6.07) is 17.4. The van der Waals surface area contributed by atoms with Gasteiger partial charge in [0.2, 0.25) is 5.69 Å². The standard InChI is InChI=1S/C26H32N3.C5H10.2CH4.2CH3.Fe/c1-28-18-13-23(14-19-28)24-15-20-29(21-16-24)26-11-9-25(10-12-26)27-17-5-4-8-22-6-2-3-7-22;1-2-4-5-3-1;;;;;/h9-16,18-22H,2-8,17H2,1H3;1-5H2;2*1H4;2*1H3;/q+1;;;;2*-1;+2/p+1. The van der Waals surface area contributed by atoms with Gasteiger partial charge in [-0.3, -0.25) is 0 Å². The van der Waals surface area contributed by atoms with E-state index in [1.165, 1.54) is 99.6 Å². The van der Waals surface area contributed by atoms with E-state index in [0.29, 0.717) is 0 Å². The van der Waals surface area contributed by atoms with Crippen molar-refractivity contribution in [1.29, 1.82) is 0 Å². The van der Waals surface area contributed by atoms with Gasteiger partial charge in [0.05, 0.1) is 0 Å². The Balaban J connectivity index is 0. The molecule has 1 N–H and O–H groups in total. The predicted molar refractivity (Wildman–Crippen MR) is 168 cm³/mol. The molecule has 3 nitrogen and oxygen atoms in total. The van der Waals surface area contributed by atoms with Gasteiger partial charge in [-0.25, -0.2) is 4.57 Å². The molecule has 218 valence electrons. The first-order valence-corrected chi connectivity index (χ1v) is 13.6. The van der Waals surface area contributed by atoms with Crippen LogP contribution in [0.1, 0.15) is 91.9 Å². The molecular weight excluding hydrogens is 518 g/mol. The molecular formula is C35H57FeN3+2. The summed E-state index contributed by atoms with van der Waals surface area (Å²) in [6.07, 6.45) is 25.8. The summed E-state index contributed by atoms with van der Waals surface area (Å²) >= 11 is 0. The fraction of sp³-hybridized carbons (Fsp3) is 0.486. The van der Waals surface area contributed by atoms with Gasteiger partial charge in [0.1, 0.15) is 7.05 Å². The van der Waals surface area contributed by atoms with E-state index in [9.17, 15) is 0 Å². The number of nitrogens with one attached hydrogen (secondary N) is 1. The first kappa shape index (κ1) is 39.0. The smallest absolute Gasteiger partial charge is 0.385 e. The van der Waals surface area contributed by atoms with E-state index in [1.807, 2.05) is 7.05 Å². The third-order valence-corrected chi connectivity index (χ3v) is 7.40. The number of anilines is 1. The molecule has 39 heavy (non-hydrogen) atoms. The third kappa shape index (κ3) is 13.2. The number of unbranched alkanes of at least 4 members (excludes halogenated alkanes) is 1. The Morgan fingerprint density at radius 3 is 1.67 bits per heavy atom. The third-order valence-electron chi connectivity index (χ3n) is 7.40. The molecule has 0 bridgehead atoms. The molecule has 2 aromatic heterocycles. The maximum absolute atomic E-state index is 3.57. The van der Waals surface area contributed by atoms with Gasteiger partial charge in [0.25, 0.3) is 0 Å². The fourth-order valence-electron chi connectivity index (χ4n) is 5.21. The Labute approximate surface area is 253 Å². The van der Waals surface area contributed by atoms with Crippen LogP contribution in [0.15, 0.2) is 73.3 Å². The minimum atomic E-state index is 0. The number of aryl methyl sites for hydroxylation is 1. The Bertz CT molecular complexity index is 951. The summed E-state index contributed by atoms with van der Waals surface area (Å²) in [5.41, 5.74) is 4.87. The normalized spacial score (nSPS) is 13.7. The SMILES string of the molecule is C.C.C1CCCC1.C[n+]1ccc(-c2cc[n+](-c3ccc(NCCCCC4CCCC4)cc3)cc2)cc1.[CH3-].[CH3-].[Fe+2]. The van der Waals surface area contributed by atoms with E-state index >= 15 is 0 Å². The van der Waals surface area contributed by atoms with E-state index in [-0.39, 0.29) is 46.8 Å².